The van der Waals surface area contributed by atoms with Crippen LogP contribution >= 0.6 is 0 Å². The first kappa shape index (κ1) is 19.2. The molecule has 0 saturated carbocycles. The maximum Gasteiger partial charge on any atom is 0.174 e. The molecule has 2 saturated heterocycles. The summed E-state index contributed by atoms with van der Waals surface area (Å²) in [6.45, 7) is 18.1. The molecule has 0 bridgehead atoms. The van der Waals surface area contributed by atoms with Crippen molar-refractivity contribution in [2.24, 2.45) is 29.6 Å². The van der Waals surface area contributed by atoms with E-state index in [1.165, 1.54) is 0 Å². The highest BCUT2D eigenvalue weighted by Gasteiger charge is 2.53. The Kier molecular flexibility index (Phi) is 6.19. The predicted molar refractivity (Wildman–Crippen MR) is 94.0 cm³/mol. The molecule has 2 aliphatic rings. The topological polar surface area (TPSA) is 27.7 Å². The third-order valence-electron chi connectivity index (χ3n) is 7.02. The summed E-state index contributed by atoms with van der Waals surface area (Å²) in [6.07, 6.45) is 3.39. The van der Waals surface area contributed by atoms with Gasteiger partial charge in [0.25, 0.3) is 0 Å². The largest absolute Gasteiger partial charge is 0.349 e. The van der Waals surface area contributed by atoms with Gasteiger partial charge in [-0.1, -0.05) is 55.4 Å². The van der Waals surface area contributed by atoms with Crippen LogP contribution in [0, 0.1) is 29.6 Å². The molecule has 23 heavy (non-hydrogen) atoms. The summed E-state index contributed by atoms with van der Waals surface area (Å²) < 4.78 is 19.4. The van der Waals surface area contributed by atoms with E-state index in [2.05, 4.69) is 55.4 Å². The quantitative estimate of drug-likeness (QED) is 0.692. The van der Waals surface area contributed by atoms with Gasteiger partial charge in [0.1, 0.15) is 0 Å². The first-order valence-corrected chi connectivity index (χ1v) is 9.82. The molecule has 0 N–H and O–H groups in total. The zero-order valence-corrected chi connectivity index (χ0v) is 16.5. The molecule has 0 aromatic carbocycles. The molecule has 0 aromatic heterocycles. The minimum absolute atomic E-state index is 0.156. The van der Waals surface area contributed by atoms with E-state index in [0.717, 1.165) is 19.3 Å². The van der Waals surface area contributed by atoms with Crippen LogP contribution in [0.5, 0.6) is 0 Å². The van der Waals surface area contributed by atoms with Crippen molar-refractivity contribution in [1.82, 2.24) is 0 Å². The fraction of sp³-hybridized carbons (Fsp3) is 1.00. The van der Waals surface area contributed by atoms with Gasteiger partial charge < -0.3 is 14.2 Å². The monoisotopic (exact) mass is 326 g/mol. The minimum atomic E-state index is -0.488. The van der Waals surface area contributed by atoms with E-state index in [9.17, 15) is 0 Å². The molecular weight excluding hydrogens is 288 g/mol. The van der Waals surface area contributed by atoms with Crippen LogP contribution in [0.15, 0.2) is 0 Å². The van der Waals surface area contributed by atoms with Gasteiger partial charge >= 0.3 is 0 Å². The van der Waals surface area contributed by atoms with Gasteiger partial charge in [0, 0.05) is 11.8 Å². The first-order chi connectivity index (χ1) is 10.8. The average Bonchev–Trinajstić information content (AvgIpc) is 2.80. The highest BCUT2D eigenvalue weighted by Crippen LogP contribution is 2.47. The van der Waals surface area contributed by atoms with Crippen LogP contribution in [0.2, 0.25) is 0 Å². The second-order valence-electron chi connectivity index (χ2n) is 8.02. The number of hydrogen-bond acceptors (Lipinski definition) is 3. The Balaban J connectivity index is 2.18. The lowest BCUT2D eigenvalue weighted by molar-refractivity contribution is -0.353. The lowest BCUT2D eigenvalue weighted by Gasteiger charge is -2.46. The summed E-state index contributed by atoms with van der Waals surface area (Å²) in [7, 11) is 0. The summed E-state index contributed by atoms with van der Waals surface area (Å²) in [4.78, 5) is 0. The van der Waals surface area contributed by atoms with Crippen LogP contribution in [0.3, 0.4) is 0 Å². The second kappa shape index (κ2) is 7.41. The molecule has 0 aliphatic carbocycles. The van der Waals surface area contributed by atoms with Crippen LogP contribution in [0.4, 0.5) is 0 Å². The minimum Gasteiger partial charge on any atom is -0.349 e. The molecule has 2 fully saturated rings. The first-order valence-electron chi connectivity index (χ1n) is 9.82. The van der Waals surface area contributed by atoms with E-state index in [0.29, 0.717) is 35.7 Å². The molecule has 2 aliphatic heterocycles. The Hall–Kier alpha value is -0.120. The zero-order valence-electron chi connectivity index (χ0n) is 16.5. The maximum absolute atomic E-state index is 6.62. The number of rotatable bonds is 5. The number of ether oxygens (including phenoxy) is 3. The van der Waals surface area contributed by atoms with Crippen molar-refractivity contribution in [3.05, 3.63) is 0 Å². The van der Waals surface area contributed by atoms with Crippen LogP contribution in [-0.4, -0.2) is 24.3 Å². The second-order valence-corrected chi connectivity index (χ2v) is 8.02. The molecule has 0 spiro atoms. The van der Waals surface area contributed by atoms with Crippen LogP contribution in [0.1, 0.15) is 74.7 Å². The molecule has 3 heteroatoms. The summed E-state index contributed by atoms with van der Waals surface area (Å²) in [5.74, 6) is 2.00. The van der Waals surface area contributed by atoms with Crippen molar-refractivity contribution in [2.45, 2.75) is 98.9 Å². The van der Waals surface area contributed by atoms with Gasteiger partial charge in [0.2, 0.25) is 0 Å². The molecule has 136 valence electrons. The van der Waals surface area contributed by atoms with Crippen molar-refractivity contribution in [2.75, 3.05) is 0 Å². The molecule has 9 unspecified atom stereocenters. The highest BCUT2D eigenvalue weighted by molar-refractivity contribution is 4.92. The Labute approximate surface area is 143 Å². The van der Waals surface area contributed by atoms with Gasteiger partial charge in [-0.05, 0) is 37.0 Å². The van der Waals surface area contributed by atoms with Gasteiger partial charge in [0.05, 0.1) is 12.2 Å². The fourth-order valence-corrected chi connectivity index (χ4v) is 4.56. The predicted octanol–water partition coefficient (Wildman–Crippen LogP) is 5.23. The Bertz CT molecular complexity index is 383. The maximum atomic E-state index is 6.62. The van der Waals surface area contributed by atoms with E-state index in [4.69, 9.17) is 14.2 Å². The molecule has 0 amide bonds. The van der Waals surface area contributed by atoms with E-state index >= 15 is 0 Å². The van der Waals surface area contributed by atoms with Crippen molar-refractivity contribution in [1.29, 1.82) is 0 Å². The van der Waals surface area contributed by atoms with E-state index in [-0.39, 0.29) is 12.4 Å². The van der Waals surface area contributed by atoms with Crippen molar-refractivity contribution >= 4 is 0 Å². The van der Waals surface area contributed by atoms with E-state index in [1.807, 2.05) is 0 Å². The summed E-state index contributed by atoms with van der Waals surface area (Å²) in [5, 5.41) is 0. The summed E-state index contributed by atoms with van der Waals surface area (Å²) >= 11 is 0. The third-order valence-corrected chi connectivity index (χ3v) is 7.02. The molecule has 9 atom stereocenters. The summed E-state index contributed by atoms with van der Waals surface area (Å²) in [5.41, 5.74) is 0. The summed E-state index contributed by atoms with van der Waals surface area (Å²) in [6, 6.07) is 0. The molecule has 0 aromatic rings. The Morgan fingerprint density at radius 3 is 1.87 bits per heavy atom. The molecule has 2 rings (SSSR count). The molecule has 2 heterocycles. The van der Waals surface area contributed by atoms with Gasteiger partial charge in [0.15, 0.2) is 12.1 Å². The smallest absolute Gasteiger partial charge is 0.174 e. The van der Waals surface area contributed by atoms with Crippen LogP contribution in [0.25, 0.3) is 0 Å². The van der Waals surface area contributed by atoms with Gasteiger partial charge in [-0.25, -0.2) is 0 Å². The lowest BCUT2D eigenvalue weighted by atomic mass is 9.78. The highest BCUT2D eigenvalue weighted by atomic mass is 16.8. The Morgan fingerprint density at radius 1 is 0.783 bits per heavy atom. The van der Waals surface area contributed by atoms with Crippen molar-refractivity contribution in [3.63, 3.8) is 0 Å². The molecular formula is C20H38O3. The average molecular weight is 327 g/mol. The zero-order chi connectivity index (χ0) is 17.4. The molecule has 3 nitrogen and oxygen atoms in total. The van der Waals surface area contributed by atoms with E-state index < -0.39 is 5.79 Å². The Morgan fingerprint density at radius 2 is 1.39 bits per heavy atom. The van der Waals surface area contributed by atoms with Gasteiger partial charge in [-0.3, -0.25) is 0 Å². The van der Waals surface area contributed by atoms with Gasteiger partial charge in [-0.2, -0.15) is 0 Å². The lowest BCUT2D eigenvalue weighted by Crippen LogP contribution is -2.51. The SMILES string of the molecule is CCC1OC(OC2(CC)OC(CC)C(C)C2C)C(C)C(C)C1C. The van der Waals surface area contributed by atoms with Crippen LogP contribution < -0.4 is 0 Å². The fourth-order valence-electron chi connectivity index (χ4n) is 4.56. The third kappa shape index (κ3) is 3.34. The normalized spacial score (nSPS) is 51.1. The van der Waals surface area contributed by atoms with Crippen molar-refractivity contribution < 1.29 is 14.2 Å². The van der Waals surface area contributed by atoms with Crippen molar-refractivity contribution in [3.8, 4) is 0 Å². The van der Waals surface area contributed by atoms with Gasteiger partial charge in [-0.15, -0.1) is 0 Å². The standard InChI is InChI=1S/C20H38O3/c1-9-17-13(5)12(4)14(6)19(21-17)23-20(11-3)16(8)15(7)18(10-2)22-20/h12-19H,9-11H2,1-8H3. The molecule has 0 radical (unpaired) electrons. The van der Waals surface area contributed by atoms with E-state index in [1.54, 1.807) is 0 Å². The number of hydrogen-bond donors (Lipinski definition) is 0. The van der Waals surface area contributed by atoms with Crippen LogP contribution in [-0.2, 0) is 14.2 Å².